The van der Waals surface area contributed by atoms with Crippen molar-refractivity contribution >= 4 is 11.0 Å². The van der Waals surface area contributed by atoms with Crippen molar-refractivity contribution in [1.82, 2.24) is 9.97 Å². The van der Waals surface area contributed by atoms with Crippen LogP contribution in [-0.4, -0.2) is 9.97 Å². The lowest BCUT2D eigenvalue weighted by Gasteiger charge is -2.13. The predicted octanol–water partition coefficient (Wildman–Crippen LogP) is 7.89. The van der Waals surface area contributed by atoms with Gasteiger partial charge in [-0.05, 0) is 70.8 Å². The summed E-state index contributed by atoms with van der Waals surface area (Å²) in [5.41, 5.74) is 8.55. The van der Waals surface area contributed by atoms with Crippen LogP contribution >= 0.6 is 0 Å². The zero-order chi connectivity index (χ0) is 22.0. The van der Waals surface area contributed by atoms with E-state index in [1.54, 1.807) is 6.20 Å². The minimum Gasteiger partial charge on any atom is -0.456 e. The lowest BCUT2D eigenvalue weighted by Crippen LogP contribution is -1.89. The largest absolute Gasteiger partial charge is 0.456 e. The van der Waals surface area contributed by atoms with Crippen LogP contribution in [-0.2, 0) is 0 Å². The van der Waals surface area contributed by atoms with Gasteiger partial charge in [0.15, 0.2) is 0 Å². The fraction of sp³-hybridized carbons (Fsp3) is 0. The second kappa shape index (κ2) is 8.21. The fourth-order valence-corrected chi connectivity index (χ4v) is 4.21. The quantitative estimate of drug-likeness (QED) is 0.289. The first-order chi connectivity index (χ1) is 16.3. The van der Waals surface area contributed by atoms with Crippen LogP contribution in [0.5, 0.6) is 0 Å². The molecule has 0 aliphatic rings. The van der Waals surface area contributed by atoms with Gasteiger partial charge in [0.05, 0.1) is 5.69 Å². The zero-order valence-electron chi connectivity index (χ0n) is 17.8. The molecule has 0 spiro atoms. The highest BCUT2D eigenvalue weighted by atomic mass is 16.3. The van der Waals surface area contributed by atoms with Crippen LogP contribution < -0.4 is 0 Å². The molecule has 156 valence electrons. The maximum absolute atomic E-state index is 6.10. The normalized spacial score (nSPS) is 11.0. The van der Waals surface area contributed by atoms with Crippen molar-refractivity contribution in [2.24, 2.45) is 0 Å². The molecule has 0 saturated carbocycles. The van der Waals surface area contributed by atoms with Gasteiger partial charge in [-0.3, -0.25) is 9.97 Å². The molecule has 0 radical (unpaired) electrons. The third kappa shape index (κ3) is 3.70. The number of benzene rings is 3. The van der Waals surface area contributed by atoms with Crippen molar-refractivity contribution in [3.8, 4) is 44.8 Å². The van der Waals surface area contributed by atoms with E-state index in [2.05, 4.69) is 70.6 Å². The number of furan rings is 1. The molecule has 33 heavy (non-hydrogen) atoms. The van der Waals surface area contributed by atoms with Crippen LogP contribution in [0.1, 0.15) is 0 Å². The van der Waals surface area contributed by atoms with Crippen LogP contribution in [0, 0.1) is 0 Å². The van der Waals surface area contributed by atoms with Gasteiger partial charge in [0.2, 0.25) is 0 Å². The molecule has 3 aromatic heterocycles. The van der Waals surface area contributed by atoms with Gasteiger partial charge in [0.25, 0.3) is 0 Å². The second-order valence-electron chi connectivity index (χ2n) is 7.95. The van der Waals surface area contributed by atoms with Crippen molar-refractivity contribution in [2.75, 3.05) is 0 Å². The van der Waals surface area contributed by atoms with Gasteiger partial charge >= 0.3 is 0 Å². The Morgan fingerprint density at radius 3 is 2.21 bits per heavy atom. The van der Waals surface area contributed by atoms with E-state index in [4.69, 9.17) is 4.42 Å². The lowest BCUT2D eigenvalue weighted by molar-refractivity contribution is 0.631. The van der Waals surface area contributed by atoms with Gasteiger partial charge in [0.1, 0.15) is 11.3 Å². The highest BCUT2D eigenvalue weighted by Crippen LogP contribution is 2.37. The van der Waals surface area contributed by atoms with E-state index in [1.807, 2.05) is 54.9 Å². The molecule has 0 fully saturated rings. The highest BCUT2D eigenvalue weighted by Gasteiger charge is 2.13. The number of rotatable bonds is 4. The molecule has 6 rings (SSSR count). The smallest absolute Gasteiger partial charge is 0.136 e. The number of hydrogen-bond acceptors (Lipinski definition) is 3. The average molecular weight is 425 g/mol. The van der Waals surface area contributed by atoms with Crippen LogP contribution in [0.15, 0.2) is 126 Å². The number of fused-ring (bicyclic) bond motifs is 1. The summed E-state index contributed by atoms with van der Waals surface area (Å²) < 4.78 is 6.10. The Morgan fingerprint density at radius 1 is 0.545 bits per heavy atom. The molecule has 3 aromatic carbocycles. The first-order valence-electron chi connectivity index (χ1n) is 10.9. The van der Waals surface area contributed by atoms with E-state index in [0.29, 0.717) is 0 Å². The van der Waals surface area contributed by atoms with Crippen molar-refractivity contribution in [3.63, 3.8) is 0 Å². The van der Waals surface area contributed by atoms with Gasteiger partial charge in [-0.2, -0.15) is 0 Å². The van der Waals surface area contributed by atoms with Gasteiger partial charge < -0.3 is 4.42 Å². The van der Waals surface area contributed by atoms with Crippen molar-refractivity contribution < 1.29 is 4.42 Å². The Labute approximate surface area is 192 Å². The molecule has 0 saturated heterocycles. The summed E-state index contributed by atoms with van der Waals surface area (Å²) in [7, 11) is 0. The van der Waals surface area contributed by atoms with E-state index < -0.39 is 0 Å². The minimum atomic E-state index is 0.820. The number of aromatic nitrogens is 2. The first-order valence-corrected chi connectivity index (χ1v) is 10.9. The van der Waals surface area contributed by atoms with Crippen molar-refractivity contribution in [3.05, 3.63) is 122 Å². The highest BCUT2D eigenvalue weighted by molar-refractivity contribution is 5.92. The molecule has 0 bridgehead atoms. The van der Waals surface area contributed by atoms with Gasteiger partial charge in [0, 0.05) is 35.1 Å². The summed E-state index contributed by atoms with van der Waals surface area (Å²) in [5, 5.41) is 1.06. The molecule has 6 aromatic rings. The lowest BCUT2D eigenvalue weighted by atomic mass is 9.91. The molecule has 3 nitrogen and oxygen atoms in total. The topological polar surface area (TPSA) is 38.9 Å². The SMILES string of the molecule is c1ccc(-c2ccc(-c3ccccn3)cc2-c2ccc3oc(-c4cccnc4)cc3c2)cc1. The second-order valence-corrected chi connectivity index (χ2v) is 7.95. The van der Waals surface area contributed by atoms with E-state index >= 15 is 0 Å². The first kappa shape index (κ1) is 19.2. The molecule has 0 aliphatic carbocycles. The fourth-order valence-electron chi connectivity index (χ4n) is 4.21. The molecule has 3 heterocycles. The van der Waals surface area contributed by atoms with Crippen molar-refractivity contribution in [1.29, 1.82) is 0 Å². The zero-order valence-corrected chi connectivity index (χ0v) is 17.8. The summed E-state index contributed by atoms with van der Waals surface area (Å²) in [6.45, 7) is 0. The van der Waals surface area contributed by atoms with Crippen LogP contribution in [0.2, 0.25) is 0 Å². The van der Waals surface area contributed by atoms with Crippen LogP contribution in [0.3, 0.4) is 0 Å². The van der Waals surface area contributed by atoms with Gasteiger partial charge in [-0.25, -0.2) is 0 Å². The summed E-state index contributed by atoms with van der Waals surface area (Å²) in [6.07, 6.45) is 5.42. The summed E-state index contributed by atoms with van der Waals surface area (Å²) in [6, 6.07) is 35.4. The number of hydrogen-bond donors (Lipinski definition) is 0. The van der Waals surface area contributed by atoms with E-state index in [0.717, 1.165) is 44.7 Å². The molecular weight excluding hydrogens is 404 g/mol. The average Bonchev–Trinajstić information content (AvgIpc) is 3.33. The van der Waals surface area contributed by atoms with E-state index in [1.165, 1.54) is 11.1 Å². The summed E-state index contributed by atoms with van der Waals surface area (Å²) in [5.74, 6) is 0.820. The van der Waals surface area contributed by atoms with Gasteiger partial charge in [-0.15, -0.1) is 0 Å². The maximum atomic E-state index is 6.10. The molecule has 0 atom stereocenters. The summed E-state index contributed by atoms with van der Waals surface area (Å²) in [4.78, 5) is 8.77. The summed E-state index contributed by atoms with van der Waals surface area (Å²) >= 11 is 0. The maximum Gasteiger partial charge on any atom is 0.136 e. The monoisotopic (exact) mass is 424 g/mol. The molecule has 0 amide bonds. The van der Waals surface area contributed by atoms with Crippen molar-refractivity contribution in [2.45, 2.75) is 0 Å². The Bertz CT molecular complexity index is 1540. The molecule has 0 aliphatic heterocycles. The van der Waals surface area contributed by atoms with E-state index in [9.17, 15) is 0 Å². The number of pyridine rings is 2. The minimum absolute atomic E-state index is 0.820. The van der Waals surface area contributed by atoms with Crippen LogP contribution in [0.4, 0.5) is 0 Å². The third-order valence-electron chi connectivity index (χ3n) is 5.84. The third-order valence-corrected chi connectivity index (χ3v) is 5.84. The Balaban J connectivity index is 1.52. The predicted molar refractivity (Wildman–Crippen MR) is 134 cm³/mol. The Hall–Kier alpha value is -4.50. The molecular formula is C30H20N2O. The molecule has 3 heteroatoms. The number of nitrogens with zero attached hydrogens (tertiary/aromatic N) is 2. The molecule has 0 unspecified atom stereocenters. The Kier molecular flexibility index (Phi) is 4.78. The standard InChI is InChI=1S/C30H20N2O/c1-2-7-21(8-3-1)26-13-11-23(28-10-4-5-16-32-28)18-27(26)22-12-14-29-25(17-22)19-30(33-29)24-9-6-15-31-20-24/h1-20H. The Morgan fingerprint density at radius 2 is 1.39 bits per heavy atom. The van der Waals surface area contributed by atoms with Gasteiger partial charge in [-0.1, -0.05) is 54.6 Å². The van der Waals surface area contributed by atoms with E-state index in [-0.39, 0.29) is 0 Å². The van der Waals surface area contributed by atoms with Crippen LogP contribution in [0.25, 0.3) is 55.8 Å². The molecule has 0 N–H and O–H groups in total.